The monoisotopic (exact) mass is 592 g/mol. The SMILES string of the molecule is CC(C)(CCC1(C)OCCO1)CN[C@@](Cc1ccccc1)(NC(=O)O)[C@@H](O)CS(=O)(=O)c1ccc2c(c1)OCCO2. The van der Waals surface area contributed by atoms with Gasteiger partial charge in [0.25, 0.3) is 0 Å². The number of hydrogen-bond acceptors (Lipinski definition) is 9. The van der Waals surface area contributed by atoms with Gasteiger partial charge in [-0.25, -0.2) is 13.2 Å². The van der Waals surface area contributed by atoms with Crippen molar-refractivity contribution in [1.29, 1.82) is 0 Å². The van der Waals surface area contributed by atoms with E-state index in [0.29, 0.717) is 56.3 Å². The third-order valence-electron chi connectivity index (χ3n) is 7.51. The summed E-state index contributed by atoms with van der Waals surface area (Å²) in [4.78, 5) is 12.0. The molecule has 2 atom stereocenters. The third-order valence-corrected chi connectivity index (χ3v) is 9.24. The van der Waals surface area contributed by atoms with Crippen molar-refractivity contribution < 1.29 is 42.4 Å². The van der Waals surface area contributed by atoms with Crippen LogP contribution in [-0.2, 0) is 25.7 Å². The van der Waals surface area contributed by atoms with Crippen LogP contribution in [0.1, 0.15) is 39.2 Å². The van der Waals surface area contributed by atoms with E-state index in [1.165, 1.54) is 18.2 Å². The van der Waals surface area contributed by atoms with Gasteiger partial charge in [-0.3, -0.25) is 5.32 Å². The average Bonchev–Trinajstić information content (AvgIpc) is 3.37. The van der Waals surface area contributed by atoms with Gasteiger partial charge in [0, 0.05) is 25.5 Å². The summed E-state index contributed by atoms with van der Waals surface area (Å²) in [5.41, 5.74) is -1.41. The van der Waals surface area contributed by atoms with Crippen molar-refractivity contribution in [2.75, 3.05) is 38.7 Å². The minimum Gasteiger partial charge on any atom is -0.486 e. The average molecular weight is 593 g/mol. The van der Waals surface area contributed by atoms with Crippen molar-refractivity contribution in [3.63, 3.8) is 0 Å². The number of amides is 1. The fourth-order valence-corrected chi connectivity index (χ4v) is 6.45. The van der Waals surface area contributed by atoms with Crippen molar-refractivity contribution in [3.05, 3.63) is 54.1 Å². The Morgan fingerprint density at radius 3 is 2.34 bits per heavy atom. The lowest BCUT2D eigenvalue weighted by Gasteiger charge is -2.41. The Kier molecular flexibility index (Phi) is 9.49. The van der Waals surface area contributed by atoms with E-state index < -0.39 is 44.7 Å². The molecule has 0 bridgehead atoms. The van der Waals surface area contributed by atoms with E-state index in [9.17, 15) is 23.4 Å². The van der Waals surface area contributed by atoms with Crippen molar-refractivity contribution in [3.8, 4) is 11.5 Å². The number of nitrogens with one attached hydrogen (secondary N) is 2. The minimum absolute atomic E-state index is 0.00200. The van der Waals surface area contributed by atoms with Gasteiger partial charge < -0.3 is 34.5 Å². The maximum atomic E-state index is 13.5. The van der Waals surface area contributed by atoms with Gasteiger partial charge in [0.05, 0.1) is 23.9 Å². The molecule has 2 aromatic rings. The Bertz CT molecular complexity index is 1300. The Morgan fingerprint density at radius 2 is 1.68 bits per heavy atom. The van der Waals surface area contributed by atoms with Crippen molar-refractivity contribution >= 4 is 15.9 Å². The van der Waals surface area contributed by atoms with E-state index in [1.807, 2.05) is 26.8 Å². The third kappa shape index (κ3) is 8.10. The van der Waals surface area contributed by atoms with Crippen LogP contribution < -0.4 is 20.1 Å². The molecule has 4 N–H and O–H groups in total. The highest BCUT2D eigenvalue weighted by molar-refractivity contribution is 7.91. The molecule has 226 valence electrons. The predicted octanol–water partition coefficient (Wildman–Crippen LogP) is 2.96. The van der Waals surface area contributed by atoms with Crippen molar-refractivity contribution in [1.82, 2.24) is 10.6 Å². The number of rotatable bonds is 13. The van der Waals surface area contributed by atoms with Gasteiger partial charge in [0.15, 0.2) is 27.1 Å². The smallest absolute Gasteiger partial charge is 0.406 e. The van der Waals surface area contributed by atoms with Crippen molar-refractivity contribution in [2.45, 2.75) is 62.5 Å². The molecule has 2 aliphatic rings. The first-order valence-electron chi connectivity index (χ1n) is 13.7. The van der Waals surface area contributed by atoms with Gasteiger partial charge in [-0.1, -0.05) is 44.2 Å². The Balaban J connectivity index is 1.59. The van der Waals surface area contributed by atoms with Gasteiger partial charge in [0.1, 0.15) is 25.0 Å². The molecule has 2 aromatic carbocycles. The Labute approximate surface area is 241 Å². The minimum atomic E-state index is -4.08. The number of hydrogen-bond donors (Lipinski definition) is 4. The topological polar surface area (TPSA) is 153 Å². The van der Waals surface area contributed by atoms with E-state index in [2.05, 4.69) is 10.6 Å². The summed E-state index contributed by atoms with van der Waals surface area (Å²) < 4.78 is 49.5. The molecule has 11 nitrogen and oxygen atoms in total. The van der Waals surface area contributed by atoms with Crippen LogP contribution >= 0.6 is 0 Å². The first-order chi connectivity index (χ1) is 19.3. The zero-order valence-corrected chi connectivity index (χ0v) is 24.5. The largest absolute Gasteiger partial charge is 0.486 e. The van der Waals surface area contributed by atoms with Crippen LogP contribution in [0.4, 0.5) is 4.79 Å². The number of ether oxygens (including phenoxy) is 4. The van der Waals surface area contributed by atoms with Crippen LogP contribution in [0.3, 0.4) is 0 Å². The van der Waals surface area contributed by atoms with E-state index in [1.54, 1.807) is 24.3 Å². The lowest BCUT2D eigenvalue weighted by atomic mass is 9.84. The Morgan fingerprint density at radius 1 is 1.02 bits per heavy atom. The van der Waals surface area contributed by atoms with Gasteiger partial charge >= 0.3 is 6.09 Å². The van der Waals surface area contributed by atoms with E-state index >= 15 is 0 Å². The highest BCUT2D eigenvalue weighted by Crippen LogP contribution is 2.34. The van der Waals surface area contributed by atoms with Crippen LogP contribution in [0.15, 0.2) is 53.4 Å². The lowest BCUT2D eigenvalue weighted by Crippen LogP contribution is -2.69. The predicted molar refractivity (Wildman–Crippen MR) is 151 cm³/mol. The van der Waals surface area contributed by atoms with Gasteiger partial charge in [-0.2, -0.15) is 0 Å². The molecule has 0 saturated carbocycles. The maximum absolute atomic E-state index is 13.5. The zero-order valence-electron chi connectivity index (χ0n) is 23.7. The summed E-state index contributed by atoms with van der Waals surface area (Å²) in [6, 6.07) is 13.3. The number of sulfone groups is 1. The van der Waals surface area contributed by atoms with Crippen LogP contribution in [-0.4, -0.2) is 81.0 Å². The second-order valence-electron chi connectivity index (χ2n) is 11.5. The normalized spacial score (nSPS) is 18.8. The first-order valence-corrected chi connectivity index (χ1v) is 15.4. The Hall–Kier alpha value is -2.90. The van der Waals surface area contributed by atoms with Crippen molar-refractivity contribution in [2.24, 2.45) is 5.41 Å². The first kappa shape index (κ1) is 31.0. The summed E-state index contributed by atoms with van der Waals surface area (Å²) in [6.07, 6.45) is -1.79. The summed E-state index contributed by atoms with van der Waals surface area (Å²) in [5.74, 6) is -0.690. The molecular formula is C29H40N2O9S. The second-order valence-corrected chi connectivity index (χ2v) is 13.5. The zero-order chi connectivity index (χ0) is 29.7. The molecular weight excluding hydrogens is 552 g/mol. The number of benzene rings is 2. The number of carboxylic acid groups (broad SMARTS) is 1. The van der Waals surface area contributed by atoms with E-state index in [4.69, 9.17) is 18.9 Å². The quantitative estimate of drug-likeness (QED) is 0.255. The van der Waals surface area contributed by atoms with Gasteiger partial charge in [0.2, 0.25) is 0 Å². The van der Waals surface area contributed by atoms with Crippen LogP contribution in [0.25, 0.3) is 0 Å². The van der Waals surface area contributed by atoms with E-state index in [0.717, 1.165) is 0 Å². The molecule has 0 spiro atoms. The molecule has 1 fully saturated rings. The molecule has 1 saturated heterocycles. The molecule has 2 aliphatic heterocycles. The molecule has 1 amide bonds. The summed E-state index contributed by atoms with van der Waals surface area (Å²) in [5, 5.41) is 27.1. The number of fused-ring (bicyclic) bond motifs is 1. The number of aliphatic hydroxyl groups is 1. The number of aliphatic hydroxyl groups excluding tert-OH is 1. The molecule has 0 aliphatic carbocycles. The fourth-order valence-electron chi connectivity index (χ4n) is 4.99. The lowest BCUT2D eigenvalue weighted by molar-refractivity contribution is -0.151. The highest BCUT2D eigenvalue weighted by Gasteiger charge is 2.43. The summed E-state index contributed by atoms with van der Waals surface area (Å²) in [6.45, 7) is 7.87. The number of carbonyl (C=O) groups is 1. The maximum Gasteiger partial charge on any atom is 0.406 e. The molecule has 12 heteroatoms. The van der Waals surface area contributed by atoms with Gasteiger partial charge in [-0.15, -0.1) is 0 Å². The van der Waals surface area contributed by atoms with Crippen LogP contribution in [0, 0.1) is 5.41 Å². The molecule has 41 heavy (non-hydrogen) atoms. The van der Waals surface area contributed by atoms with Gasteiger partial charge in [-0.05, 0) is 36.5 Å². The van der Waals surface area contributed by atoms with E-state index in [-0.39, 0.29) is 17.9 Å². The molecule has 4 rings (SSSR count). The summed E-state index contributed by atoms with van der Waals surface area (Å²) in [7, 11) is -4.08. The molecule has 0 unspecified atom stereocenters. The highest BCUT2D eigenvalue weighted by atomic mass is 32.2. The summed E-state index contributed by atoms with van der Waals surface area (Å²) >= 11 is 0. The van der Waals surface area contributed by atoms with Crippen LogP contribution in [0.2, 0.25) is 0 Å². The van der Waals surface area contributed by atoms with Crippen LogP contribution in [0.5, 0.6) is 11.5 Å². The fraction of sp³-hybridized carbons (Fsp3) is 0.552. The standard InChI is InChI=1S/C29H40N2O9S/c1-27(2,11-12-28(3)39-15-16-40-28)20-30-29(31-26(33)34,18-21-7-5-4-6-8-21)25(32)19-41(35,36)22-9-10-23-24(17-22)38-14-13-37-23/h4-10,17,25,30-32H,11-16,18-20H2,1-3H3,(H,33,34)/t25-,29-/m0/s1. The molecule has 0 radical (unpaired) electrons. The second kappa shape index (κ2) is 12.5. The molecule has 0 aromatic heterocycles. The molecule has 2 heterocycles.